The summed E-state index contributed by atoms with van der Waals surface area (Å²) < 4.78 is 0. The van der Waals surface area contributed by atoms with E-state index in [1.54, 1.807) is 24.4 Å². The first kappa shape index (κ1) is 9.26. The van der Waals surface area contributed by atoms with E-state index < -0.39 is 0 Å². The molecule has 0 amide bonds. The van der Waals surface area contributed by atoms with Crippen molar-refractivity contribution in [3.63, 3.8) is 0 Å². The van der Waals surface area contributed by atoms with Gasteiger partial charge < -0.3 is 0 Å². The Morgan fingerprint density at radius 3 is 2.57 bits per heavy atom. The molecule has 0 saturated heterocycles. The molecule has 14 heavy (non-hydrogen) atoms. The summed E-state index contributed by atoms with van der Waals surface area (Å²) >= 11 is 11.9. The molecule has 68 valence electrons. The van der Waals surface area contributed by atoms with Gasteiger partial charge in [-0.2, -0.15) is 5.26 Å². The molecule has 0 aliphatic carbocycles. The number of rotatable bonds is 0. The molecule has 1 heterocycles. The number of nitrogens with zero attached hydrogens (tertiary/aromatic N) is 2. The number of fused-ring (bicyclic) bond motifs is 1. The molecule has 0 radical (unpaired) electrons. The molecule has 2 aromatic rings. The van der Waals surface area contributed by atoms with Crippen molar-refractivity contribution in [2.75, 3.05) is 0 Å². The van der Waals surface area contributed by atoms with E-state index in [1.807, 2.05) is 6.07 Å². The Bertz CT molecular complexity index is 544. The van der Waals surface area contributed by atoms with E-state index in [0.29, 0.717) is 21.1 Å². The zero-order chi connectivity index (χ0) is 10.1. The van der Waals surface area contributed by atoms with Crippen LogP contribution in [0.25, 0.3) is 10.8 Å². The summed E-state index contributed by atoms with van der Waals surface area (Å²) in [5.74, 6) is 0. The van der Waals surface area contributed by atoms with Gasteiger partial charge in [0.25, 0.3) is 0 Å². The van der Waals surface area contributed by atoms with Crippen LogP contribution in [0.4, 0.5) is 0 Å². The van der Waals surface area contributed by atoms with E-state index in [0.717, 1.165) is 5.39 Å². The normalized spacial score (nSPS) is 10.1. The fraction of sp³-hybridized carbons (Fsp3) is 0. The first-order chi connectivity index (χ1) is 6.74. The van der Waals surface area contributed by atoms with Crippen LogP contribution in [-0.4, -0.2) is 4.98 Å². The summed E-state index contributed by atoms with van der Waals surface area (Å²) in [6.45, 7) is 0. The number of hydrogen-bond donors (Lipinski definition) is 0. The van der Waals surface area contributed by atoms with Crippen LogP contribution in [0, 0.1) is 11.3 Å². The minimum atomic E-state index is 0.301. The van der Waals surface area contributed by atoms with Crippen molar-refractivity contribution in [1.82, 2.24) is 4.98 Å². The summed E-state index contributed by atoms with van der Waals surface area (Å²) in [6, 6.07) is 7.09. The summed E-state index contributed by atoms with van der Waals surface area (Å²) in [5, 5.41) is 11.3. The standard InChI is InChI=1S/C10H4Cl2N2/c11-7-1-2-8(12)10-6(7)3-4-14-9(10)5-13/h1-4H. The lowest BCUT2D eigenvalue weighted by molar-refractivity contribution is 1.30. The first-order valence-electron chi connectivity index (χ1n) is 3.87. The predicted octanol–water partition coefficient (Wildman–Crippen LogP) is 3.41. The summed E-state index contributed by atoms with van der Waals surface area (Å²) in [5.41, 5.74) is 0.301. The Labute approximate surface area is 90.7 Å². The second-order valence-corrected chi connectivity index (χ2v) is 3.54. The minimum Gasteiger partial charge on any atom is -0.245 e. The fourth-order valence-corrected chi connectivity index (χ4v) is 1.78. The van der Waals surface area contributed by atoms with Gasteiger partial charge in [0.1, 0.15) is 11.8 Å². The van der Waals surface area contributed by atoms with Crippen LogP contribution in [0.3, 0.4) is 0 Å². The number of benzene rings is 1. The van der Waals surface area contributed by atoms with Crippen LogP contribution in [0.5, 0.6) is 0 Å². The highest BCUT2D eigenvalue weighted by molar-refractivity contribution is 6.40. The van der Waals surface area contributed by atoms with E-state index in [1.165, 1.54) is 0 Å². The Hall–Kier alpha value is -1.30. The maximum Gasteiger partial charge on any atom is 0.149 e. The molecule has 4 heteroatoms. The molecule has 0 aliphatic rings. The average Bonchev–Trinajstić information content (AvgIpc) is 2.23. The monoisotopic (exact) mass is 222 g/mol. The van der Waals surface area contributed by atoms with Crippen molar-refractivity contribution in [3.8, 4) is 6.07 Å². The van der Waals surface area contributed by atoms with Crippen LogP contribution in [0.1, 0.15) is 5.69 Å². The van der Waals surface area contributed by atoms with Gasteiger partial charge in [0.05, 0.1) is 5.02 Å². The summed E-state index contributed by atoms with van der Waals surface area (Å²) in [7, 11) is 0. The highest BCUT2D eigenvalue weighted by Crippen LogP contribution is 2.30. The van der Waals surface area contributed by atoms with E-state index in [4.69, 9.17) is 28.5 Å². The number of halogens is 2. The zero-order valence-electron chi connectivity index (χ0n) is 6.96. The highest BCUT2D eigenvalue weighted by Gasteiger charge is 2.08. The lowest BCUT2D eigenvalue weighted by Gasteiger charge is -2.02. The molecule has 0 fully saturated rings. The SMILES string of the molecule is N#Cc1nccc2c(Cl)ccc(Cl)c12. The lowest BCUT2D eigenvalue weighted by atomic mass is 10.1. The molecular formula is C10H4Cl2N2. The van der Waals surface area contributed by atoms with E-state index in [9.17, 15) is 0 Å². The second-order valence-electron chi connectivity index (χ2n) is 2.72. The molecular weight excluding hydrogens is 219 g/mol. The van der Waals surface area contributed by atoms with Gasteiger partial charge in [-0.1, -0.05) is 23.2 Å². The quantitative estimate of drug-likeness (QED) is 0.686. The third-order valence-corrected chi connectivity index (χ3v) is 2.57. The maximum absolute atomic E-state index is 8.84. The maximum atomic E-state index is 8.84. The fourth-order valence-electron chi connectivity index (χ4n) is 1.31. The van der Waals surface area contributed by atoms with Crippen LogP contribution >= 0.6 is 23.2 Å². The Morgan fingerprint density at radius 2 is 1.86 bits per heavy atom. The molecule has 0 spiro atoms. The molecule has 0 unspecified atom stereocenters. The Balaban J connectivity index is 3.01. The summed E-state index contributed by atoms with van der Waals surface area (Å²) in [6.07, 6.45) is 1.54. The van der Waals surface area contributed by atoms with Gasteiger partial charge in [-0.3, -0.25) is 0 Å². The summed E-state index contributed by atoms with van der Waals surface area (Å²) in [4.78, 5) is 3.92. The molecule has 1 aromatic heterocycles. The van der Waals surface area contributed by atoms with Gasteiger partial charge in [-0.15, -0.1) is 0 Å². The van der Waals surface area contributed by atoms with Crippen molar-refractivity contribution < 1.29 is 0 Å². The van der Waals surface area contributed by atoms with Crippen LogP contribution < -0.4 is 0 Å². The first-order valence-corrected chi connectivity index (χ1v) is 4.62. The van der Waals surface area contributed by atoms with Gasteiger partial charge >= 0.3 is 0 Å². The van der Waals surface area contributed by atoms with Gasteiger partial charge in [0, 0.05) is 22.0 Å². The van der Waals surface area contributed by atoms with Gasteiger partial charge in [-0.05, 0) is 18.2 Å². The number of hydrogen-bond acceptors (Lipinski definition) is 2. The smallest absolute Gasteiger partial charge is 0.149 e. The third-order valence-electron chi connectivity index (χ3n) is 1.93. The van der Waals surface area contributed by atoms with E-state index >= 15 is 0 Å². The van der Waals surface area contributed by atoms with E-state index in [-0.39, 0.29) is 0 Å². The molecule has 0 N–H and O–H groups in total. The predicted molar refractivity (Wildman–Crippen MR) is 56.5 cm³/mol. The number of aromatic nitrogens is 1. The zero-order valence-corrected chi connectivity index (χ0v) is 8.47. The average molecular weight is 223 g/mol. The van der Waals surface area contributed by atoms with Gasteiger partial charge in [0.15, 0.2) is 0 Å². The minimum absolute atomic E-state index is 0.301. The molecule has 2 rings (SSSR count). The van der Waals surface area contributed by atoms with Crippen molar-refractivity contribution in [3.05, 3.63) is 40.1 Å². The van der Waals surface area contributed by atoms with Crippen molar-refractivity contribution in [2.24, 2.45) is 0 Å². The molecule has 0 aliphatic heterocycles. The molecule has 1 aromatic carbocycles. The van der Waals surface area contributed by atoms with Crippen molar-refractivity contribution in [1.29, 1.82) is 5.26 Å². The van der Waals surface area contributed by atoms with Crippen LogP contribution in [-0.2, 0) is 0 Å². The molecule has 0 atom stereocenters. The van der Waals surface area contributed by atoms with Gasteiger partial charge in [-0.25, -0.2) is 4.98 Å². The largest absolute Gasteiger partial charge is 0.245 e. The molecule has 0 bridgehead atoms. The lowest BCUT2D eigenvalue weighted by Crippen LogP contribution is -1.86. The molecule has 0 saturated carbocycles. The Kier molecular flexibility index (Phi) is 2.28. The van der Waals surface area contributed by atoms with Crippen LogP contribution in [0.15, 0.2) is 24.4 Å². The number of nitriles is 1. The third kappa shape index (κ3) is 1.31. The van der Waals surface area contributed by atoms with Gasteiger partial charge in [0.2, 0.25) is 0 Å². The highest BCUT2D eigenvalue weighted by atomic mass is 35.5. The Morgan fingerprint density at radius 1 is 1.14 bits per heavy atom. The molecule has 2 nitrogen and oxygen atoms in total. The topological polar surface area (TPSA) is 36.7 Å². The van der Waals surface area contributed by atoms with Crippen LogP contribution in [0.2, 0.25) is 10.0 Å². The second kappa shape index (κ2) is 3.45. The van der Waals surface area contributed by atoms with Crippen molar-refractivity contribution in [2.45, 2.75) is 0 Å². The number of pyridine rings is 1. The van der Waals surface area contributed by atoms with Crippen molar-refractivity contribution >= 4 is 34.0 Å². The van der Waals surface area contributed by atoms with E-state index in [2.05, 4.69) is 4.98 Å².